The van der Waals surface area contributed by atoms with Crippen molar-refractivity contribution in [2.24, 2.45) is 5.84 Å². The zero-order valence-electron chi connectivity index (χ0n) is 9.15. The second kappa shape index (κ2) is 4.51. The van der Waals surface area contributed by atoms with Crippen LogP contribution < -0.4 is 16.0 Å². The minimum atomic E-state index is 0.819. The fraction of sp³-hybridized carbons (Fsp3) is 0.182. The van der Waals surface area contributed by atoms with Crippen LogP contribution in [0.4, 0.5) is 5.00 Å². The van der Waals surface area contributed by atoms with Crippen molar-refractivity contribution < 1.29 is 4.74 Å². The average Bonchev–Trinajstić information content (AvgIpc) is 2.70. The molecule has 0 fully saturated rings. The Balaban J connectivity index is 2.49. The first-order valence-electron chi connectivity index (χ1n) is 4.83. The molecule has 0 amide bonds. The summed E-state index contributed by atoms with van der Waals surface area (Å²) in [6.07, 6.45) is 0. The number of rotatable bonds is 3. The zero-order valence-corrected chi connectivity index (χ0v) is 9.97. The highest BCUT2D eigenvalue weighted by atomic mass is 32.1. The van der Waals surface area contributed by atoms with Crippen LogP contribution in [0, 0.1) is 6.92 Å². The second-order valence-corrected chi connectivity index (χ2v) is 4.28. The van der Waals surface area contributed by atoms with Gasteiger partial charge in [0.2, 0.25) is 0 Å². The first kappa shape index (κ1) is 10.9. The molecule has 1 aromatic carbocycles. The standard InChI is InChI=1S/C11H13N3OS/c1-7-10(14-12)16-11(13-7)8-5-3-4-6-9(8)15-2/h3-6,14H,12H2,1-2H3. The third-order valence-electron chi connectivity index (χ3n) is 2.27. The summed E-state index contributed by atoms with van der Waals surface area (Å²) in [4.78, 5) is 4.46. The number of nitrogens with two attached hydrogens (primary N) is 1. The van der Waals surface area contributed by atoms with Gasteiger partial charge in [-0.2, -0.15) is 0 Å². The van der Waals surface area contributed by atoms with E-state index in [4.69, 9.17) is 10.6 Å². The maximum Gasteiger partial charge on any atom is 0.129 e. The van der Waals surface area contributed by atoms with E-state index in [1.807, 2.05) is 31.2 Å². The van der Waals surface area contributed by atoms with Gasteiger partial charge in [-0.15, -0.1) is 0 Å². The Hall–Kier alpha value is -1.59. The summed E-state index contributed by atoms with van der Waals surface area (Å²) in [5.41, 5.74) is 4.52. The van der Waals surface area contributed by atoms with Crippen LogP contribution in [0.3, 0.4) is 0 Å². The maximum atomic E-state index is 5.40. The van der Waals surface area contributed by atoms with Crippen molar-refractivity contribution in [2.45, 2.75) is 6.92 Å². The lowest BCUT2D eigenvalue weighted by Gasteiger charge is -2.04. The third-order valence-corrected chi connectivity index (χ3v) is 3.39. The van der Waals surface area contributed by atoms with Gasteiger partial charge in [-0.25, -0.2) is 10.8 Å². The van der Waals surface area contributed by atoms with Crippen molar-refractivity contribution in [3.63, 3.8) is 0 Å². The molecule has 0 saturated heterocycles. The molecule has 0 radical (unpaired) electrons. The van der Waals surface area contributed by atoms with E-state index in [1.54, 1.807) is 7.11 Å². The van der Waals surface area contributed by atoms with Crippen molar-refractivity contribution in [1.29, 1.82) is 0 Å². The minimum Gasteiger partial charge on any atom is -0.496 e. The van der Waals surface area contributed by atoms with Crippen molar-refractivity contribution in [3.8, 4) is 16.3 Å². The number of aromatic nitrogens is 1. The molecular weight excluding hydrogens is 222 g/mol. The molecule has 0 aliphatic heterocycles. The molecule has 5 heteroatoms. The Morgan fingerprint density at radius 2 is 2.12 bits per heavy atom. The van der Waals surface area contributed by atoms with Crippen LogP contribution in [0.5, 0.6) is 5.75 Å². The van der Waals surface area contributed by atoms with Gasteiger partial charge in [0.15, 0.2) is 0 Å². The van der Waals surface area contributed by atoms with Crippen molar-refractivity contribution in [1.82, 2.24) is 4.98 Å². The SMILES string of the molecule is COc1ccccc1-c1nc(C)c(NN)s1. The fourth-order valence-corrected chi connectivity index (χ4v) is 2.37. The Bertz CT molecular complexity index is 496. The lowest BCUT2D eigenvalue weighted by atomic mass is 10.2. The highest BCUT2D eigenvalue weighted by molar-refractivity contribution is 7.19. The summed E-state index contributed by atoms with van der Waals surface area (Å²) >= 11 is 1.51. The van der Waals surface area contributed by atoms with Gasteiger partial charge in [0, 0.05) is 0 Å². The maximum absolute atomic E-state index is 5.40. The number of para-hydroxylation sites is 1. The molecule has 3 N–H and O–H groups in total. The van der Waals surface area contributed by atoms with E-state index in [0.29, 0.717) is 0 Å². The van der Waals surface area contributed by atoms with Crippen LogP contribution in [0.1, 0.15) is 5.69 Å². The Labute approximate surface area is 98.1 Å². The number of anilines is 1. The minimum absolute atomic E-state index is 0.819. The first-order valence-corrected chi connectivity index (χ1v) is 5.65. The van der Waals surface area contributed by atoms with Gasteiger partial charge >= 0.3 is 0 Å². The number of hydrazine groups is 1. The Morgan fingerprint density at radius 1 is 1.38 bits per heavy atom. The highest BCUT2D eigenvalue weighted by Crippen LogP contribution is 2.35. The predicted molar refractivity (Wildman–Crippen MR) is 66.6 cm³/mol. The van der Waals surface area contributed by atoms with E-state index >= 15 is 0 Å². The van der Waals surface area contributed by atoms with E-state index in [1.165, 1.54) is 11.3 Å². The molecule has 0 spiro atoms. The fourth-order valence-electron chi connectivity index (χ4n) is 1.47. The van der Waals surface area contributed by atoms with Gasteiger partial charge in [-0.05, 0) is 19.1 Å². The molecule has 0 unspecified atom stereocenters. The molecule has 2 aromatic rings. The summed E-state index contributed by atoms with van der Waals surface area (Å²) in [5.74, 6) is 6.22. The summed E-state index contributed by atoms with van der Waals surface area (Å²) in [7, 11) is 1.65. The lowest BCUT2D eigenvalue weighted by Crippen LogP contribution is -2.05. The molecule has 1 aromatic heterocycles. The summed E-state index contributed by atoms with van der Waals surface area (Å²) in [5, 5.41) is 1.78. The van der Waals surface area contributed by atoms with Crippen LogP contribution in [0.25, 0.3) is 10.6 Å². The van der Waals surface area contributed by atoms with Gasteiger partial charge < -0.3 is 10.2 Å². The number of hydrogen-bond acceptors (Lipinski definition) is 5. The van der Waals surface area contributed by atoms with E-state index in [9.17, 15) is 0 Å². The quantitative estimate of drug-likeness (QED) is 0.633. The summed E-state index contributed by atoms with van der Waals surface area (Å²) in [6, 6.07) is 7.80. The number of benzene rings is 1. The van der Waals surface area contributed by atoms with Crippen LogP contribution in [-0.4, -0.2) is 12.1 Å². The van der Waals surface area contributed by atoms with Crippen molar-refractivity contribution >= 4 is 16.3 Å². The van der Waals surface area contributed by atoms with E-state index in [2.05, 4.69) is 10.4 Å². The smallest absolute Gasteiger partial charge is 0.129 e. The topological polar surface area (TPSA) is 60.2 Å². The number of thiazole rings is 1. The molecular formula is C11H13N3OS. The number of methoxy groups -OCH3 is 1. The number of ether oxygens (including phenoxy) is 1. The van der Waals surface area contributed by atoms with E-state index < -0.39 is 0 Å². The molecule has 16 heavy (non-hydrogen) atoms. The molecule has 0 bridgehead atoms. The monoisotopic (exact) mass is 235 g/mol. The van der Waals surface area contributed by atoms with Crippen LogP contribution >= 0.6 is 11.3 Å². The average molecular weight is 235 g/mol. The van der Waals surface area contributed by atoms with Crippen LogP contribution in [0.2, 0.25) is 0 Å². The second-order valence-electron chi connectivity index (χ2n) is 3.28. The molecule has 4 nitrogen and oxygen atoms in total. The van der Waals surface area contributed by atoms with Crippen LogP contribution in [0.15, 0.2) is 24.3 Å². The zero-order chi connectivity index (χ0) is 11.5. The van der Waals surface area contributed by atoms with Crippen molar-refractivity contribution in [2.75, 3.05) is 12.5 Å². The summed E-state index contributed by atoms with van der Waals surface area (Å²) < 4.78 is 5.30. The predicted octanol–water partition coefficient (Wildman–Crippen LogP) is 2.41. The van der Waals surface area contributed by atoms with Crippen LogP contribution in [-0.2, 0) is 0 Å². The molecule has 0 saturated carbocycles. The number of hydrogen-bond donors (Lipinski definition) is 2. The Kier molecular flexibility index (Phi) is 3.07. The highest BCUT2D eigenvalue weighted by Gasteiger charge is 2.11. The molecule has 1 heterocycles. The largest absolute Gasteiger partial charge is 0.496 e. The number of nitrogens with one attached hydrogen (secondary N) is 1. The van der Waals surface area contributed by atoms with Gasteiger partial charge in [0.1, 0.15) is 15.8 Å². The number of nitrogens with zero attached hydrogens (tertiary/aromatic N) is 1. The van der Waals surface area contributed by atoms with Gasteiger partial charge in [0.25, 0.3) is 0 Å². The molecule has 84 valence electrons. The number of nitrogen functional groups attached to an aromatic ring is 1. The molecule has 0 aliphatic carbocycles. The Morgan fingerprint density at radius 3 is 2.75 bits per heavy atom. The molecule has 2 rings (SSSR count). The molecule has 0 aliphatic rings. The first-order chi connectivity index (χ1) is 7.76. The van der Waals surface area contributed by atoms with Gasteiger partial charge in [-0.1, -0.05) is 23.5 Å². The van der Waals surface area contributed by atoms with Gasteiger partial charge in [-0.3, -0.25) is 0 Å². The van der Waals surface area contributed by atoms with E-state index in [0.717, 1.165) is 27.0 Å². The van der Waals surface area contributed by atoms with E-state index in [-0.39, 0.29) is 0 Å². The normalized spacial score (nSPS) is 10.2. The third kappa shape index (κ3) is 1.87. The lowest BCUT2D eigenvalue weighted by molar-refractivity contribution is 0.416. The molecule has 0 atom stereocenters. The number of aryl methyl sites for hydroxylation is 1. The van der Waals surface area contributed by atoms with Gasteiger partial charge in [0.05, 0.1) is 18.4 Å². The van der Waals surface area contributed by atoms with Crippen molar-refractivity contribution in [3.05, 3.63) is 30.0 Å². The summed E-state index contributed by atoms with van der Waals surface area (Å²) in [6.45, 7) is 1.92.